The van der Waals surface area contributed by atoms with Gasteiger partial charge in [-0.15, -0.1) is 0 Å². The molecular weight excluding hydrogens is 290 g/mol. The van der Waals surface area contributed by atoms with Gasteiger partial charge in [0, 0.05) is 25.7 Å². The maximum absolute atomic E-state index is 12.0. The molecule has 0 bridgehead atoms. The lowest BCUT2D eigenvalue weighted by atomic mass is 10.0. The molecule has 128 valence electrons. The number of nitrogens with one attached hydrogen (secondary N) is 2. The van der Waals surface area contributed by atoms with E-state index >= 15 is 0 Å². The molecule has 5 heteroatoms. The van der Waals surface area contributed by atoms with Crippen molar-refractivity contribution in [3.8, 4) is 5.75 Å². The Balaban J connectivity index is 1.63. The van der Waals surface area contributed by atoms with Gasteiger partial charge in [-0.2, -0.15) is 0 Å². The van der Waals surface area contributed by atoms with E-state index in [-0.39, 0.29) is 5.91 Å². The standard InChI is InChI=1S/C18H29N3O2/c1-14(2)16-4-6-17(7-5-16)23-11-9-20-18(22)13-21-10-8-19-12-15(21)3/h4-7,14-15,19H,8-13H2,1-3H3,(H,20,22)/t15-/m0/s1. The summed E-state index contributed by atoms with van der Waals surface area (Å²) in [6.45, 7) is 10.8. The van der Waals surface area contributed by atoms with Crippen LogP contribution in [0.4, 0.5) is 0 Å². The van der Waals surface area contributed by atoms with Crippen molar-refractivity contribution < 1.29 is 9.53 Å². The van der Waals surface area contributed by atoms with Crippen LogP contribution in [0.2, 0.25) is 0 Å². The highest BCUT2D eigenvalue weighted by Gasteiger charge is 2.19. The van der Waals surface area contributed by atoms with Gasteiger partial charge < -0.3 is 15.4 Å². The molecule has 1 amide bonds. The molecule has 1 atom stereocenters. The maximum atomic E-state index is 12.0. The Morgan fingerprint density at radius 1 is 1.39 bits per heavy atom. The largest absolute Gasteiger partial charge is 0.492 e. The van der Waals surface area contributed by atoms with Crippen molar-refractivity contribution in [2.24, 2.45) is 0 Å². The van der Waals surface area contributed by atoms with Crippen molar-refractivity contribution >= 4 is 5.91 Å². The molecule has 1 aliphatic heterocycles. The van der Waals surface area contributed by atoms with Crippen molar-refractivity contribution in [3.63, 3.8) is 0 Å². The van der Waals surface area contributed by atoms with Gasteiger partial charge >= 0.3 is 0 Å². The molecule has 0 radical (unpaired) electrons. The van der Waals surface area contributed by atoms with E-state index in [1.807, 2.05) is 12.1 Å². The number of benzene rings is 1. The number of amides is 1. The molecule has 2 N–H and O–H groups in total. The van der Waals surface area contributed by atoms with Crippen molar-refractivity contribution in [2.45, 2.75) is 32.7 Å². The minimum Gasteiger partial charge on any atom is -0.492 e. The van der Waals surface area contributed by atoms with E-state index in [0.717, 1.165) is 25.4 Å². The zero-order valence-corrected chi connectivity index (χ0v) is 14.5. The normalized spacial score (nSPS) is 18.9. The zero-order chi connectivity index (χ0) is 16.7. The molecule has 0 aromatic heterocycles. The lowest BCUT2D eigenvalue weighted by Gasteiger charge is -2.33. The van der Waals surface area contributed by atoms with Gasteiger partial charge in [0.2, 0.25) is 5.91 Å². The van der Waals surface area contributed by atoms with Gasteiger partial charge in [-0.1, -0.05) is 26.0 Å². The van der Waals surface area contributed by atoms with E-state index in [4.69, 9.17) is 4.74 Å². The summed E-state index contributed by atoms with van der Waals surface area (Å²) in [6.07, 6.45) is 0. The summed E-state index contributed by atoms with van der Waals surface area (Å²) in [4.78, 5) is 14.2. The first-order valence-corrected chi connectivity index (χ1v) is 8.50. The smallest absolute Gasteiger partial charge is 0.234 e. The number of carbonyl (C=O) groups excluding carboxylic acids is 1. The van der Waals surface area contributed by atoms with Gasteiger partial charge in [0.25, 0.3) is 0 Å². The van der Waals surface area contributed by atoms with Crippen molar-refractivity contribution in [1.82, 2.24) is 15.5 Å². The summed E-state index contributed by atoms with van der Waals surface area (Å²) in [5, 5.41) is 6.25. The Labute approximate surface area is 139 Å². The highest BCUT2D eigenvalue weighted by Crippen LogP contribution is 2.18. The molecule has 0 aliphatic carbocycles. The summed E-state index contributed by atoms with van der Waals surface area (Å²) in [5.74, 6) is 1.44. The third kappa shape index (κ3) is 5.84. The van der Waals surface area contributed by atoms with Crippen LogP contribution in [0, 0.1) is 0 Å². The minimum absolute atomic E-state index is 0.0671. The topological polar surface area (TPSA) is 53.6 Å². The van der Waals surface area contributed by atoms with Crippen LogP contribution in [-0.2, 0) is 4.79 Å². The van der Waals surface area contributed by atoms with E-state index in [1.54, 1.807) is 0 Å². The second kappa shape index (κ2) is 8.89. The van der Waals surface area contributed by atoms with Gasteiger partial charge in [0.1, 0.15) is 12.4 Å². The Hall–Kier alpha value is -1.59. The van der Waals surface area contributed by atoms with E-state index in [0.29, 0.717) is 31.7 Å². The van der Waals surface area contributed by atoms with Gasteiger partial charge in [-0.3, -0.25) is 9.69 Å². The van der Waals surface area contributed by atoms with Crippen molar-refractivity contribution in [1.29, 1.82) is 0 Å². The molecule has 23 heavy (non-hydrogen) atoms. The molecule has 0 spiro atoms. The number of rotatable bonds is 7. The first-order valence-electron chi connectivity index (χ1n) is 8.50. The highest BCUT2D eigenvalue weighted by molar-refractivity contribution is 5.78. The Bertz CT molecular complexity index is 488. The molecule has 0 unspecified atom stereocenters. The number of carbonyl (C=O) groups is 1. The lowest BCUT2D eigenvalue weighted by Crippen LogP contribution is -2.52. The van der Waals surface area contributed by atoms with Gasteiger partial charge in [0.05, 0.1) is 13.1 Å². The molecule has 1 fully saturated rings. The Kier molecular flexibility index (Phi) is 6.86. The quantitative estimate of drug-likeness (QED) is 0.750. The van der Waals surface area contributed by atoms with Crippen LogP contribution < -0.4 is 15.4 Å². The molecule has 1 heterocycles. The third-order valence-electron chi connectivity index (χ3n) is 4.23. The zero-order valence-electron chi connectivity index (χ0n) is 14.5. The molecule has 5 nitrogen and oxygen atoms in total. The summed E-state index contributed by atoms with van der Waals surface area (Å²) >= 11 is 0. The monoisotopic (exact) mass is 319 g/mol. The fourth-order valence-corrected chi connectivity index (χ4v) is 2.67. The average Bonchev–Trinajstić information content (AvgIpc) is 2.54. The SMILES string of the molecule is CC(C)c1ccc(OCCNC(=O)CN2CCNC[C@@H]2C)cc1. The van der Waals surface area contributed by atoms with Crippen LogP contribution in [0.1, 0.15) is 32.3 Å². The number of hydrogen-bond acceptors (Lipinski definition) is 4. The van der Waals surface area contributed by atoms with E-state index in [2.05, 4.69) is 48.4 Å². The van der Waals surface area contributed by atoms with Crippen LogP contribution >= 0.6 is 0 Å². The first-order chi connectivity index (χ1) is 11.1. The fraction of sp³-hybridized carbons (Fsp3) is 0.611. The lowest BCUT2D eigenvalue weighted by molar-refractivity contribution is -0.123. The van der Waals surface area contributed by atoms with E-state index < -0.39 is 0 Å². The molecule has 1 aliphatic rings. The second-order valence-corrected chi connectivity index (χ2v) is 6.45. The van der Waals surface area contributed by atoms with Crippen LogP contribution in [0.3, 0.4) is 0 Å². The minimum atomic E-state index is 0.0671. The second-order valence-electron chi connectivity index (χ2n) is 6.45. The first kappa shape index (κ1) is 17.8. The van der Waals surface area contributed by atoms with Gasteiger partial charge in [-0.05, 0) is 30.5 Å². The molecule has 1 aromatic rings. The molecule has 2 rings (SSSR count). The predicted molar refractivity (Wildman–Crippen MR) is 92.9 cm³/mol. The van der Waals surface area contributed by atoms with E-state index in [9.17, 15) is 4.79 Å². The Morgan fingerprint density at radius 2 is 2.13 bits per heavy atom. The number of nitrogens with zero attached hydrogens (tertiary/aromatic N) is 1. The van der Waals surface area contributed by atoms with Crippen LogP contribution in [0.25, 0.3) is 0 Å². The van der Waals surface area contributed by atoms with Crippen LogP contribution in [0.5, 0.6) is 5.75 Å². The van der Waals surface area contributed by atoms with Crippen molar-refractivity contribution in [3.05, 3.63) is 29.8 Å². The maximum Gasteiger partial charge on any atom is 0.234 e. The average molecular weight is 319 g/mol. The molecule has 1 aromatic carbocycles. The summed E-state index contributed by atoms with van der Waals surface area (Å²) in [7, 11) is 0. The van der Waals surface area contributed by atoms with Gasteiger partial charge in [-0.25, -0.2) is 0 Å². The van der Waals surface area contributed by atoms with Crippen LogP contribution in [-0.4, -0.2) is 56.2 Å². The highest BCUT2D eigenvalue weighted by atomic mass is 16.5. The van der Waals surface area contributed by atoms with Crippen LogP contribution in [0.15, 0.2) is 24.3 Å². The van der Waals surface area contributed by atoms with Gasteiger partial charge in [0.15, 0.2) is 0 Å². The van der Waals surface area contributed by atoms with Crippen molar-refractivity contribution in [2.75, 3.05) is 39.3 Å². The number of piperazine rings is 1. The Morgan fingerprint density at radius 3 is 2.78 bits per heavy atom. The molecule has 1 saturated heterocycles. The van der Waals surface area contributed by atoms with E-state index in [1.165, 1.54) is 5.56 Å². The number of ether oxygens (including phenoxy) is 1. The molecular formula is C18H29N3O2. The fourth-order valence-electron chi connectivity index (χ4n) is 2.67. The summed E-state index contributed by atoms with van der Waals surface area (Å²) in [6, 6.07) is 8.55. The number of hydrogen-bond donors (Lipinski definition) is 2. The summed E-state index contributed by atoms with van der Waals surface area (Å²) < 4.78 is 5.66. The summed E-state index contributed by atoms with van der Waals surface area (Å²) in [5.41, 5.74) is 1.30. The molecule has 0 saturated carbocycles. The third-order valence-corrected chi connectivity index (χ3v) is 4.23. The predicted octanol–water partition coefficient (Wildman–Crippen LogP) is 1.60.